The zero-order valence-corrected chi connectivity index (χ0v) is 10.8. The monoisotopic (exact) mass is 266 g/mol. The van der Waals surface area contributed by atoms with E-state index in [9.17, 15) is 4.79 Å². The Morgan fingerprint density at radius 1 is 1.10 bits per heavy atom. The van der Waals surface area contributed by atoms with Gasteiger partial charge in [-0.2, -0.15) is 5.26 Å². The molecule has 0 unspecified atom stereocenters. The molecule has 1 atom stereocenters. The van der Waals surface area contributed by atoms with Gasteiger partial charge in [0.1, 0.15) is 12.6 Å². The van der Waals surface area contributed by atoms with E-state index in [1.165, 1.54) is 0 Å². The van der Waals surface area contributed by atoms with Crippen molar-refractivity contribution in [3.8, 4) is 6.07 Å². The number of carbonyl (C=O) groups is 1. The summed E-state index contributed by atoms with van der Waals surface area (Å²) in [5.41, 5.74) is 1.63. The summed E-state index contributed by atoms with van der Waals surface area (Å²) in [5.74, 6) is 0. The van der Waals surface area contributed by atoms with Crippen molar-refractivity contribution in [2.24, 2.45) is 0 Å². The molecule has 1 amide bonds. The molecule has 0 saturated heterocycles. The van der Waals surface area contributed by atoms with Gasteiger partial charge in [-0.3, -0.25) is 0 Å². The van der Waals surface area contributed by atoms with E-state index in [4.69, 9.17) is 10.00 Å². The Bertz CT molecular complexity index is 591. The largest absolute Gasteiger partial charge is 0.445 e. The number of benzene rings is 2. The Morgan fingerprint density at radius 2 is 1.70 bits per heavy atom. The van der Waals surface area contributed by atoms with Gasteiger partial charge in [-0.25, -0.2) is 4.79 Å². The zero-order valence-electron chi connectivity index (χ0n) is 10.8. The SMILES string of the molecule is N#C[C@@H](NC(=O)OCc1ccccc1)c1ccccc1. The third-order valence-corrected chi connectivity index (χ3v) is 2.74. The second-order valence-electron chi connectivity index (χ2n) is 4.18. The molecule has 2 aromatic rings. The first-order chi connectivity index (χ1) is 9.79. The van der Waals surface area contributed by atoms with E-state index in [-0.39, 0.29) is 6.61 Å². The second-order valence-corrected chi connectivity index (χ2v) is 4.18. The lowest BCUT2D eigenvalue weighted by Gasteiger charge is -2.12. The summed E-state index contributed by atoms with van der Waals surface area (Å²) in [5, 5.41) is 11.6. The fourth-order valence-corrected chi connectivity index (χ4v) is 1.72. The van der Waals surface area contributed by atoms with Crippen molar-refractivity contribution in [2.45, 2.75) is 12.6 Å². The van der Waals surface area contributed by atoms with Crippen molar-refractivity contribution < 1.29 is 9.53 Å². The molecule has 4 nitrogen and oxygen atoms in total. The lowest BCUT2D eigenvalue weighted by Crippen LogP contribution is -2.28. The first kappa shape index (κ1) is 13.6. The van der Waals surface area contributed by atoms with Crippen LogP contribution < -0.4 is 5.32 Å². The van der Waals surface area contributed by atoms with Gasteiger partial charge in [0.2, 0.25) is 0 Å². The number of amides is 1. The van der Waals surface area contributed by atoms with E-state index in [0.29, 0.717) is 0 Å². The minimum Gasteiger partial charge on any atom is -0.445 e. The zero-order chi connectivity index (χ0) is 14.2. The van der Waals surface area contributed by atoms with Gasteiger partial charge >= 0.3 is 6.09 Å². The van der Waals surface area contributed by atoms with Crippen LogP contribution in [0.25, 0.3) is 0 Å². The van der Waals surface area contributed by atoms with Crippen molar-refractivity contribution in [3.63, 3.8) is 0 Å². The third kappa shape index (κ3) is 3.85. The summed E-state index contributed by atoms with van der Waals surface area (Å²) in [7, 11) is 0. The quantitative estimate of drug-likeness (QED) is 0.924. The van der Waals surface area contributed by atoms with Crippen molar-refractivity contribution in [3.05, 3.63) is 71.8 Å². The van der Waals surface area contributed by atoms with E-state index in [1.807, 2.05) is 54.6 Å². The van der Waals surface area contributed by atoms with E-state index in [1.54, 1.807) is 12.1 Å². The number of ether oxygens (including phenoxy) is 1. The number of rotatable bonds is 4. The van der Waals surface area contributed by atoms with Gasteiger partial charge in [-0.15, -0.1) is 0 Å². The van der Waals surface area contributed by atoms with Gasteiger partial charge in [-0.1, -0.05) is 60.7 Å². The molecule has 0 aliphatic heterocycles. The molecule has 0 aliphatic carbocycles. The summed E-state index contributed by atoms with van der Waals surface area (Å²) >= 11 is 0. The van der Waals surface area contributed by atoms with Crippen LogP contribution in [0.2, 0.25) is 0 Å². The fourth-order valence-electron chi connectivity index (χ4n) is 1.72. The van der Waals surface area contributed by atoms with Crippen LogP contribution in [0.5, 0.6) is 0 Å². The van der Waals surface area contributed by atoms with E-state index >= 15 is 0 Å². The summed E-state index contributed by atoms with van der Waals surface area (Å²) < 4.78 is 5.08. The highest BCUT2D eigenvalue weighted by Gasteiger charge is 2.14. The molecule has 0 fully saturated rings. The highest BCUT2D eigenvalue weighted by Crippen LogP contribution is 2.11. The molecular weight excluding hydrogens is 252 g/mol. The first-order valence-corrected chi connectivity index (χ1v) is 6.21. The van der Waals surface area contributed by atoms with Crippen LogP contribution in [-0.4, -0.2) is 6.09 Å². The fraction of sp³-hybridized carbons (Fsp3) is 0.125. The maximum absolute atomic E-state index is 11.7. The molecule has 1 N–H and O–H groups in total. The Kier molecular flexibility index (Phi) is 4.74. The molecule has 0 radical (unpaired) electrons. The molecule has 100 valence electrons. The standard InChI is InChI=1S/C16H14N2O2/c17-11-15(14-9-5-2-6-10-14)18-16(19)20-12-13-7-3-1-4-8-13/h1-10,15H,12H2,(H,18,19)/t15-/m1/s1. The molecule has 20 heavy (non-hydrogen) atoms. The number of nitrogens with zero attached hydrogens (tertiary/aromatic N) is 1. The smallest absolute Gasteiger partial charge is 0.408 e. The Morgan fingerprint density at radius 3 is 2.30 bits per heavy atom. The van der Waals surface area contributed by atoms with Crippen LogP contribution in [0.3, 0.4) is 0 Å². The first-order valence-electron chi connectivity index (χ1n) is 6.21. The minimum atomic E-state index is -0.709. The summed E-state index contributed by atoms with van der Waals surface area (Å²) in [6.45, 7) is 0.180. The number of hydrogen-bond acceptors (Lipinski definition) is 3. The molecule has 0 aliphatic rings. The van der Waals surface area contributed by atoms with E-state index in [2.05, 4.69) is 5.32 Å². The van der Waals surface area contributed by atoms with Crippen LogP contribution in [0, 0.1) is 11.3 Å². The van der Waals surface area contributed by atoms with Crippen LogP contribution in [0.15, 0.2) is 60.7 Å². The van der Waals surface area contributed by atoms with Crippen molar-refractivity contribution >= 4 is 6.09 Å². The minimum absolute atomic E-state index is 0.180. The van der Waals surface area contributed by atoms with E-state index in [0.717, 1.165) is 11.1 Å². The van der Waals surface area contributed by atoms with Crippen molar-refractivity contribution in [1.82, 2.24) is 5.32 Å². The molecule has 2 aromatic carbocycles. The number of nitrogens with one attached hydrogen (secondary N) is 1. The Balaban J connectivity index is 1.89. The molecule has 0 spiro atoms. The molecule has 0 aromatic heterocycles. The Hall–Kier alpha value is -2.80. The highest BCUT2D eigenvalue weighted by atomic mass is 16.5. The van der Waals surface area contributed by atoms with Gasteiger partial charge in [0.05, 0.1) is 6.07 Å². The molecule has 0 heterocycles. The van der Waals surface area contributed by atoms with Gasteiger partial charge in [0.25, 0.3) is 0 Å². The van der Waals surface area contributed by atoms with Crippen LogP contribution in [0.1, 0.15) is 17.2 Å². The van der Waals surface area contributed by atoms with Crippen molar-refractivity contribution in [1.29, 1.82) is 5.26 Å². The third-order valence-electron chi connectivity index (χ3n) is 2.74. The molecule has 0 bridgehead atoms. The maximum atomic E-state index is 11.7. The van der Waals surface area contributed by atoms with Crippen LogP contribution >= 0.6 is 0 Å². The van der Waals surface area contributed by atoms with Gasteiger partial charge in [0.15, 0.2) is 0 Å². The van der Waals surface area contributed by atoms with Gasteiger partial charge in [-0.05, 0) is 11.1 Å². The average molecular weight is 266 g/mol. The van der Waals surface area contributed by atoms with Gasteiger partial charge in [0, 0.05) is 0 Å². The number of nitriles is 1. The summed E-state index contributed by atoms with van der Waals surface area (Å²) in [4.78, 5) is 11.7. The van der Waals surface area contributed by atoms with E-state index < -0.39 is 12.1 Å². The molecule has 4 heteroatoms. The highest BCUT2D eigenvalue weighted by molar-refractivity contribution is 5.68. The summed E-state index contributed by atoms with van der Waals surface area (Å²) in [6, 6.07) is 19.8. The number of carbonyl (C=O) groups excluding carboxylic acids is 1. The summed E-state index contributed by atoms with van der Waals surface area (Å²) in [6.07, 6.45) is -0.607. The Labute approximate surface area is 117 Å². The molecular formula is C16H14N2O2. The maximum Gasteiger partial charge on any atom is 0.408 e. The van der Waals surface area contributed by atoms with Crippen LogP contribution in [0.4, 0.5) is 4.79 Å². The topological polar surface area (TPSA) is 62.1 Å². The second kappa shape index (κ2) is 6.95. The van der Waals surface area contributed by atoms with Crippen LogP contribution in [-0.2, 0) is 11.3 Å². The number of hydrogen-bond donors (Lipinski definition) is 1. The lowest BCUT2D eigenvalue weighted by atomic mass is 10.1. The average Bonchev–Trinajstić information content (AvgIpc) is 2.52. The molecule has 2 rings (SSSR count). The molecule has 0 saturated carbocycles. The van der Waals surface area contributed by atoms with Gasteiger partial charge < -0.3 is 10.1 Å². The predicted molar refractivity (Wildman–Crippen MR) is 74.6 cm³/mol. The normalized spacial score (nSPS) is 11.2. The number of alkyl carbamates (subject to hydrolysis) is 1. The predicted octanol–water partition coefficient (Wildman–Crippen LogP) is 3.18. The lowest BCUT2D eigenvalue weighted by molar-refractivity contribution is 0.137. The van der Waals surface area contributed by atoms with Crippen molar-refractivity contribution in [2.75, 3.05) is 0 Å².